The second-order valence-electron chi connectivity index (χ2n) is 10.2. The molecule has 1 heterocycles. The molecule has 0 radical (unpaired) electrons. The average molecular weight is 549 g/mol. The standard InChI is InChI=1S/C26H29F5O5S/c1-24(2,3)22-16-20(13-15-35-22)23(32)36-37(33,34)21-10-8-19(9-11-21)18-6-4-17(5-7-18)12-14-25(27,28)26(29,30)31/h4-11,20,22H,12-16H2,1-3H3. The highest BCUT2D eigenvalue weighted by atomic mass is 32.2. The Bertz CT molecular complexity index is 1180. The minimum atomic E-state index is -5.59. The van der Waals surface area contributed by atoms with Gasteiger partial charge in [-0.05, 0) is 53.5 Å². The highest BCUT2D eigenvalue weighted by Crippen LogP contribution is 2.39. The fourth-order valence-corrected chi connectivity index (χ4v) is 4.88. The molecular weight excluding hydrogens is 519 g/mol. The number of hydrogen-bond acceptors (Lipinski definition) is 5. The molecule has 2 aromatic rings. The SMILES string of the molecule is CC(C)(C)C1CC(C(=O)OS(=O)(=O)c2ccc(-c3ccc(CCC(F)(F)C(F)(F)F)cc3)cc2)CCO1. The molecule has 0 spiro atoms. The molecule has 0 aromatic heterocycles. The highest BCUT2D eigenvalue weighted by Gasteiger charge is 2.56. The van der Waals surface area contributed by atoms with Crippen LogP contribution in [0.1, 0.15) is 45.6 Å². The summed E-state index contributed by atoms with van der Waals surface area (Å²) in [5, 5.41) is 0. The smallest absolute Gasteiger partial charge is 0.378 e. The van der Waals surface area contributed by atoms with Crippen LogP contribution >= 0.6 is 0 Å². The maximum atomic E-state index is 13.1. The Labute approximate surface area is 213 Å². The first kappa shape index (κ1) is 29.0. The van der Waals surface area contributed by atoms with Gasteiger partial charge in [0.05, 0.1) is 12.0 Å². The van der Waals surface area contributed by atoms with E-state index in [0.717, 1.165) is 0 Å². The molecule has 37 heavy (non-hydrogen) atoms. The molecule has 204 valence electrons. The van der Waals surface area contributed by atoms with Crippen molar-refractivity contribution < 1.29 is 44.1 Å². The van der Waals surface area contributed by atoms with Crippen LogP contribution in [0.5, 0.6) is 0 Å². The molecular formula is C26H29F5O5S. The van der Waals surface area contributed by atoms with Crippen LogP contribution in [-0.4, -0.2) is 39.2 Å². The zero-order valence-electron chi connectivity index (χ0n) is 20.6. The van der Waals surface area contributed by atoms with Gasteiger partial charge in [-0.2, -0.15) is 30.4 Å². The van der Waals surface area contributed by atoms with Gasteiger partial charge in [0.1, 0.15) is 4.90 Å². The van der Waals surface area contributed by atoms with Crippen molar-refractivity contribution >= 4 is 16.1 Å². The largest absolute Gasteiger partial charge is 0.453 e. The van der Waals surface area contributed by atoms with Crippen molar-refractivity contribution in [3.63, 3.8) is 0 Å². The van der Waals surface area contributed by atoms with Gasteiger partial charge in [-0.15, -0.1) is 0 Å². The van der Waals surface area contributed by atoms with Crippen LogP contribution in [-0.2, 0) is 30.3 Å². The van der Waals surface area contributed by atoms with E-state index in [1.54, 1.807) is 12.1 Å². The molecule has 2 unspecified atom stereocenters. The van der Waals surface area contributed by atoms with Crippen molar-refractivity contribution in [2.24, 2.45) is 11.3 Å². The number of halogens is 5. The lowest BCUT2D eigenvalue weighted by atomic mass is 9.81. The lowest BCUT2D eigenvalue weighted by Gasteiger charge is -2.36. The van der Waals surface area contributed by atoms with Gasteiger partial charge in [0.2, 0.25) is 0 Å². The lowest BCUT2D eigenvalue weighted by Crippen LogP contribution is -2.39. The maximum absolute atomic E-state index is 13.1. The fourth-order valence-electron chi connectivity index (χ4n) is 3.96. The molecule has 0 saturated carbocycles. The summed E-state index contributed by atoms with van der Waals surface area (Å²) < 4.78 is 99.2. The summed E-state index contributed by atoms with van der Waals surface area (Å²) in [7, 11) is -4.35. The summed E-state index contributed by atoms with van der Waals surface area (Å²) >= 11 is 0. The van der Waals surface area contributed by atoms with E-state index >= 15 is 0 Å². The summed E-state index contributed by atoms with van der Waals surface area (Å²) in [6, 6.07) is 11.5. The van der Waals surface area contributed by atoms with E-state index in [4.69, 9.17) is 8.92 Å². The molecule has 5 nitrogen and oxygen atoms in total. The van der Waals surface area contributed by atoms with Crippen LogP contribution in [0.4, 0.5) is 22.0 Å². The predicted octanol–water partition coefficient (Wildman–Crippen LogP) is 6.56. The van der Waals surface area contributed by atoms with Crippen molar-refractivity contribution in [3.8, 4) is 11.1 Å². The Morgan fingerprint density at radius 2 is 1.49 bits per heavy atom. The van der Waals surface area contributed by atoms with Crippen LogP contribution in [0.3, 0.4) is 0 Å². The second kappa shape index (κ2) is 10.7. The first-order valence-corrected chi connectivity index (χ1v) is 13.1. The van der Waals surface area contributed by atoms with Crippen molar-refractivity contribution in [1.82, 2.24) is 0 Å². The molecule has 0 amide bonds. The molecule has 0 N–H and O–H groups in total. The maximum Gasteiger partial charge on any atom is 0.453 e. The third-order valence-electron chi connectivity index (χ3n) is 6.35. The van der Waals surface area contributed by atoms with Crippen molar-refractivity contribution in [2.45, 2.75) is 69.6 Å². The topological polar surface area (TPSA) is 69.7 Å². The summed E-state index contributed by atoms with van der Waals surface area (Å²) in [5.74, 6) is -6.19. The van der Waals surface area contributed by atoms with Crippen molar-refractivity contribution in [1.29, 1.82) is 0 Å². The van der Waals surface area contributed by atoms with Crippen LogP contribution in [0, 0.1) is 11.3 Å². The van der Waals surface area contributed by atoms with Gasteiger partial charge in [0.15, 0.2) is 0 Å². The molecule has 3 rings (SSSR count). The minimum Gasteiger partial charge on any atom is -0.378 e. The van der Waals surface area contributed by atoms with E-state index in [2.05, 4.69) is 0 Å². The van der Waals surface area contributed by atoms with Gasteiger partial charge in [0, 0.05) is 13.0 Å². The Hall–Kier alpha value is -2.53. The Morgan fingerprint density at radius 1 is 0.946 bits per heavy atom. The third-order valence-corrected chi connectivity index (χ3v) is 7.58. The number of rotatable bonds is 7. The molecule has 1 fully saturated rings. The van der Waals surface area contributed by atoms with Crippen LogP contribution in [0.25, 0.3) is 11.1 Å². The molecule has 0 aliphatic carbocycles. The van der Waals surface area contributed by atoms with Gasteiger partial charge < -0.3 is 8.92 Å². The van der Waals surface area contributed by atoms with E-state index in [9.17, 15) is 35.2 Å². The number of aryl methyl sites for hydroxylation is 1. The molecule has 1 aliphatic heterocycles. The van der Waals surface area contributed by atoms with Crippen LogP contribution < -0.4 is 0 Å². The number of benzene rings is 2. The van der Waals surface area contributed by atoms with E-state index in [1.165, 1.54) is 36.4 Å². The zero-order valence-corrected chi connectivity index (χ0v) is 21.5. The summed E-state index contributed by atoms with van der Waals surface area (Å²) in [6.45, 7) is 6.26. The summed E-state index contributed by atoms with van der Waals surface area (Å²) in [5.41, 5.74) is 1.28. The van der Waals surface area contributed by atoms with Gasteiger partial charge in [-0.25, -0.2) is 0 Å². The lowest BCUT2D eigenvalue weighted by molar-refractivity contribution is -0.284. The molecule has 0 bridgehead atoms. The van der Waals surface area contributed by atoms with Crippen LogP contribution in [0.15, 0.2) is 53.4 Å². The highest BCUT2D eigenvalue weighted by molar-refractivity contribution is 7.87. The first-order chi connectivity index (χ1) is 17.0. The molecule has 2 atom stereocenters. The number of ether oxygens (including phenoxy) is 1. The zero-order chi connectivity index (χ0) is 27.6. The minimum absolute atomic E-state index is 0.201. The predicted molar refractivity (Wildman–Crippen MR) is 126 cm³/mol. The Kier molecular flexibility index (Phi) is 8.38. The number of hydrogen-bond donors (Lipinski definition) is 0. The van der Waals surface area contributed by atoms with Crippen molar-refractivity contribution in [2.75, 3.05) is 6.61 Å². The summed E-state index contributed by atoms with van der Waals surface area (Å²) in [4.78, 5) is 12.4. The third kappa shape index (κ3) is 7.28. The Balaban J connectivity index is 1.63. The second-order valence-corrected chi connectivity index (χ2v) is 11.8. The number of alkyl halides is 5. The van der Waals surface area contributed by atoms with Gasteiger partial charge >= 0.3 is 28.2 Å². The van der Waals surface area contributed by atoms with Gasteiger partial charge in [-0.3, -0.25) is 4.79 Å². The first-order valence-electron chi connectivity index (χ1n) is 11.7. The van der Waals surface area contributed by atoms with Gasteiger partial charge in [-0.1, -0.05) is 57.2 Å². The summed E-state index contributed by atoms with van der Waals surface area (Å²) in [6.07, 6.45) is -6.88. The number of carbonyl (C=O) groups excluding carboxylic acids is 1. The molecule has 11 heteroatoms. The van der Waals surface area contributed by atoms with Crippen LogP contribution in [0.2, 0.25) is 0 Å². The molecule has 1 saturated heterocycles. The Morgan fingerprint density at radius 3 is 2.00 bits per heavy atom. The van der Waals surface area contributed by atoms with Crippen molar-refractivity contribution in [3.05, 3.63) is 54.1 Å². The van der Waals surface area contributed by atoms with E-state index in [-0.39, 0.29) is 16.4 Å². The normalized spacial score (nSPS) is 19.5. The van der Waals surface area contributed by atoms with Gasteiger partial charge in [0.25, 0.3) is 0 Å². The van der Waals surface area contributed by atoms with E-state index in [0.29, 0.717) is 36.1 Å². The van der Waals surface area contributed by atoms with E-state index in [1.807, 2.05) is 20.8 Å². The number of carbonyl (C=O) groups is 1. The quantitative estimate of drug-likeness (QED) is 0.290. The molecule has 1 aliphatic rings. The fraction of sp³-hybridized carbons (Fsp3) is 0.500. The monoisotopic (exact) mass is 548 g/mol. The van der Waals surface area contributed by atoms with E-state index < -0.39 is 46.9 Å². The average Bonchev–Trinajstić information content (AvgIpc) is 2.82. The molecule has 2 aromatic carbocycles.